The average Bonchev–Trinajstić information content (AvgIpc) is 2.40. The van der Waals surface area contributed by atoms with Gasteiger partial charge < -0.3 is 10.1 Å². The van der Waals surface area contributed by atoms with Gasteiger partial charge in [0, 0.05) is 12.1 Å². The molecule has 2 rings (SSSR count). The molecule has 0 saturated carbocycles. The Morgan fingerprint density at radius 1 is 1.32 bits per heavy atom. The Labute approximate surface area is 116 Å². The fraction of sp³-hybridized carbons (Fsp3) is 0.214. The lowest BCUT2D eigenvalue weighted by Gasteiger charge is -2.09. The quantitative estimate of drug-likeness (QED) is 0.913. The number of benzene rings is 1. The lowest BCUT2D eigenvalue weighted by atomic mass is 10.2. The molecule has 0 aliphatic carbocycles. The van der Waals surface area contributed by atoms with Gasteiger partial charge in [0.05, 0.1) is 16.9 Å². The first-order chi connectivity index (χ1) is 9.20. The Morgan fingerprint density at radius 3 is 2.79 bits per heavy atom. The fourth-order valence-electron chi connectivity index (χ4n) is 1.61. The molecule has 1 heterocycles. The van der Waals surface area contributed by atoms with Crippen LogP contribution < -0.4 is 10.1 Å². The van der Waals surface area contributed by atoms with E-state index in [0.29, 0.717) is 22.9 Å². The van der Waals surface area contributed by atoms with Crippen LogP contribution in [0.1, 0.15) is 11.3 Å². The first-order valence-corrected chi connectivity index (χ1v) is 6.23. The molecule has 5 heteroatoms. The molecule has 0 saturated heterocycles. The maximum absolute atomic E-state index is 13.5. The molecule has 1 aromatic heterocycles. The van der Waals surface area contributed by atoms with Crippen molar-refractivity contribution < 1.29 is 9.13 Å². The molecule has 2 aromatic rings. The standard InChI is InChI=1S/C14H14ClFN2O/c1-17-7-10-5-6-11(8-18-10)19-9-12-13(15)3-2-4-14(12)16/h2-6,8,17H,7,9H2,1H3. The van der Waals surface area contributed by atoms with Gasteiger partial charge >= 0.3 is 0 Å². The molecule has 0 unspecified atom stereocenters. The molecule has 1 aromatic carbocycles. The summed E-state index contributed by atoms with van der Waals surface area (Å²) < 4.78 is 19.0. The number of hydrogen-bond donors (Lipinski definition) is 1. The highest BCUT2D eigenvalue weighted by molar-refractivity contribution is 6.31. The maximum atomic E-state index is 13.5. The zero-order valence-corrected chi connectivity index (χ0v) is 11.2. The SMILES string of the molecule is CNCc1ccc(OCc2c(F)cccc2Cl)cn1. The van der Waals surface area contributed by atoms with Crippen LogP contribution >= 0.6 is 11.6 Å². The summed E-state index contributed by atoms with van der Waals surface area (Å²) in [6.07, 6.45) is 1.61. The molecule has 0 aliphatic heterocycles. The molecule has 0 atom stereocenters. The molecule has 0 spiro atoms. The predicted molar refractivity (Wildman–Crippen MR) is 72.7 cm³/mol. The smallest absolute Gasteiger partial charge is 0.138 e. The van der Waals surface area contributed by atoms with E-state index >= 15 is 0 Å². The number of nitrogens with one attached hydrogen (secondary N) is 1. The van der Waals surface area contributed by atoms with Crippen LogP contribution in [0.2, 0.25) is 5.02 Å². The zero-order chi connectivity index (χ0) is 13.7. The van der Waals surface area contributed by atoms with Gasteiger partial charge in [-0.1, -0.05) is 17.7 Å². The van der Waals surface area contributed by atoms with Crippen LogP contribution in [0.15, 0.2) is 36.5 Å². The second-order valence-corrected chi connectivity index (χ2v) is 4.41. The van der Waals surface area contributed by atoms with Crippen molar-refractivity contribution in [1.82, 2.24) is 10.3 Å². The van der Waals surface area contributed by atoms with E-state index in [1.165, 1.54) is 6.07 Å². The number of nitrogens with zero attached hydrogens (tertiary/aromatic N) is 1. The number of rotatable bonds is 5. The summed E-state index contributed by atoms with van der Waals surface area (Å²) in [5.74, 6) is 0.214. The van der Waals surface area contributed by atoms with E-state index in [0.717, 1.165) is 5.69 Å². The van der Waals surface area contributed by atoms with E-state index in [2.05, 4.69) is 10.3 Å². The second-order valence-electron chi connectivity index (χ2n) is 4.00. The summed E-state index contributed by atoms with van der Waals surface area (Å²) >= 11 is 5.92. The van der Waals surface area contributed by atoms with E-state index in [1.54, 1.807) is 24.4 Å². The van der Waals surface area contributed by atoms with Crippen LogP contribution in [-0.4, -0.2) is 12.0 Å². The number of aromatic nitrogens is 1. The minimum Gasteiger partial charge on any atom is -0.487 e. The fourth-order valence-corrected chi connectivity index (χ4v) is 1.83. The summed E-state index contributed by atoms with van der Waals surface area (Å²) in [6, 6.07) is 8.22. The van der Waals surface area contributed by atoms with Gasteiger partial charge in [0.2, 0.25) is 0 Å². The molecule has 3 nitrogen and oxygen atoms in total. The van der Waals surface area contributed by atoms with E-state index in [1.807, 2.05) is 13.1 Å². The molecule has 0 radical (unpaired) electrons. The summed E-state index contributed by atoms with van der Waals surface area (Å²) in [5, 5.41) is 3.37. The van der Waals surface area contributed by atoms with Gasteiger partial charge in [0.15, 0.2) is 0 Å². The topological polar surface area (TPSA) is 34.1 Å². The van der Waals surface area contributed by atoms with Gasteiger partial charge in [0.25, 0.3) is 0 Å². The Bertz CT molecular complexity index is 525. The van der Waals surface area contributed by atoms with Gasteiger partial charge in [-0.3, -0.25) is 4.98 Å². The molecule has 0 bridgehead atoms. The molecule has 100 valence electrons. The molecule has 0 amide bonds. The Morgan fingerprint density at radius 2 is 2.16 bits per heavy atom. The first kappa shape index (κ1) is 13.8. The third-order valence-corrected chi connectivity index (χ3v) is 2.95. The van der Waals surface area contributed by atoms with Crippen LogP contribution in [-0.2, 0) is 13.2 Å². The normalized spacial score (nSPS) is 10.5. The summed E-state index contributed by atoms with van der Waals surface area (Å²) in [5.41, 5.74) is 1.27. The van der Waals surface area contributed by atoms with Crippen LogP contribution in [0.4, 0.5) is 4.39 Å². The molecule has 19 heavy (non-hydrogen) atoms. The number of pyridine rings is 1. The Kier molecular flexibility index (Phi) is 4.71. The van der Waals surface area contributed by atoms with Crippen molar-refractivity contribution in [2.75, 3.05) is 7.05 Å². The molecule has 0 aliphatic rings. The van der Waals surface area contributed by atoms with Crippen molar-refractivity contribution in [2.24, 2.45) is 0 Å². The zero-order valence-electron chi connectivity index (χ0n) is 10.5. The van der Waals surface area contributed by atoms with Crippen molar-refractivity contribution in [1.29, 1.82) is 0 Å². The number of hydrogen-bond acceptors (Lipinski definition) is 3. The summed E-state index contributed by atoms with van der Waals surface area (Å²) in [7, 11) is 1.85. The highest BCUT2D eigenvalue weighted by atomic mass is 35.5. The lowest BCUT2D eigenvalue weighted by Crippen LogP contribution is -2.06. The molecule has 1 N–H and O–H groups in total. The maximum Gasteiger partial charge on any atom is 0.138 e. The van der Waals surface area contributed by atoms with Crippen molar-refractivity contribution in [3.8, 4) is 5.75 Å². The van der Waals surface area contributed by atoms with Crippen molar-refractivity contribution in [3.05, 3.63) is 58.6 Å². The van der Waals surface area contributed by atoms with Crippen molar-refractivity contribution in [2.45, 2.75) is 13.2 Å². The Balaban J connectivity index is 2.02. The van der Waals surface area contributed by atoms with Gasteiger partial charge in [-0.05, 0) is 31.3 Å². The third kappa shape index (κ3) is 3.66. The lowest BCUT2D eigenvalue weighted by molar-refractivity contribution is 0.298. The summed E-state index contributed by atoms with van der Waals surface area (Å²) in [4.78, 5) is 4.21. The average molecular weight is 281 g/mol. The Hall–Kier alpha value is -1.65. The first-order valence-electron chi connectivity index (χ1n) is 5.86. The van der Waals surface area contributed by atoms with Crippen molar-refractivity contribution >= 4 is 11.6 Å². The van der Waals surface area contributed by atoms with Gasteiger partial charge in [0.1, 0.15) is 18.2 Å². The predicted octanol–water partition coefficient (Wildman–Crippen LogP) is 3.17. The minimum atomic E-state index is -0.368. The minimum absolute atomic E-state index is 0.0819. The monoisotopic (exact) mass is 280 g/mol. The van der Waals surface area contributed by atoms with Crippen LogP contribution in [0, 0.1) is 5.82 Å². The van der Waals surface area contributed by atoms with Crippen LogP contribution in [0.25, 0.3) is 0 Å². The van der Waals surface area contributed by atoms with Crippen molar-refractivity contribution in [3.63, 3.8) is 0 Å². The highest BCUT2D eigenvalue weighted by Crippen LogP contribution is 2.21. The molecular formula is C14H14ClFN2O. The van der Waals surface area contributed by atoms with Gasteiger partial charge in [-0.15, -0.1) is 0 Å². The number of ether oxygens (including phenoxy) is 1. The summed E-state index contributed by atoms with van der Waals surface area (Å²) in [6.45, 7) is 0.776. The van der Waals surface area contributed by atoms with Gasteiger partial charge in [-0.2, -0.15) is 0 Å². The van der Waals surface area contributed by atoms with E-state index < -0.39 is 0 Å². The largest absolute Gasteiger partial charge is 0.487 e. The third-order valence-electron chi connectivity index (χ3n) is 2.60. The second kappa shape index (κ2) is 6.50. The van der Waals surface area contributed by atoms with Gasteiger partial charge in [-0.25, -0.2) is 4.39 Å². The van der Waals surface area contributed by atoms with E-state index in [4.69, 9.17) is 16.3 Å². The number of halogens is 2. The highest BCUT2D eigenvalue weighted by Gasteiger charge is 2.07. The van der Waals surface area contributed by atoms with Crippen LogP contribution in [0.3, 0.4) is 0 Å². The molecular weight excluding hydrogens is 267 g/mol. The van der Waals surface area contributed by atoms with E-state index in [9.17, 15) is 4.39 Å². The van der Waals surface area contributed by atoms with E-state index in [-0.39, 0.29) is 12.4 Å². The van der Waals surface area contributed by atoms with Crippen LogP contribution in [0.5, 0.6) is 5.75 Å². The molecule has 0 fully saturated rings.